The van der Waals surface area contributed by atoms with Gasteiger partial charge in [0.25, 0.3) is 0 Å². The zero-order chi connectivity index (χ0) is 14.8. The third-order valence-electron chi connectivity index (χ3n) is 2.93. The van der Waals surface area contributed by atoms with Gasteiger partial charge in [0.2, 0.25) is 9.70 Å². The number of amides is 1. The van der Waals surface area contributed by atoms with Gasteiger partial charge in [-0.25, -0.2) is 0 Å². The van der Waals surface area contributed by atoms with Crippen molar-refractivity contribution in [1.29, 1.82) is 0 Å². The summed E-state index contributed by atoms with van der Waals surface area (Å²) >= 11 is 18.0. The monoisotopic (exact) mass is 330 g/mol. The van der Waals surface area contributed by atoms with Crippen LogP contribution in [0.4, 0.5) is 0 Å². The molecule has 1 aliphatic heterocycles. The van der Waals surface area contributed by atoms with E-state index < -0.39 is 9.96 Å². The van der Waals surface area contributed by atoms with Crippen molar-refractivity contribution in [2.24, 2.45) is 5.92 Å². The lowest BCUT2D eigenvalue weighted by Crippen LogP contribution is -2.61. The SMILES string of the molecule is CC(C)C(=O)N[C@@H](N1C[C@@H](C)O[C@@H](C)C1)C(Cl)(Cl)Cl. The number of nitrogens with one attached hydrogen (secondary N) is 1. The van der Waals surface area contributed by atoms with Crippen molar-refractivity contribution in [3.8, 4) is 0 Å². The van der Waals surface area contributed by atoms with Gasteiger partial charge >= 0.3 is 0 Å². The van der Waals surface area contributed by atoms with Gasteiger partial charge in [-0.15, -0.1) is 0 Å². The molecule has 0 spiro atoms. The lowest BCUT2D eigenvalue weighted by molar-refractivity contribution is -0.129. The van der Waals surface area contributed by atoms with E-state index in [0.717, 1.165) is 0 Å². The Hall–Kier alpha value is 0.260. The Kier molecular flexibility index (Phi) is 6.21. The molecule has 0 radical (unpaired) electrons. The standard InChI is InChI=1S/C12H21Cl3N2O2/c1-7(2)10(18)16-11(12(13,14)15)17-5-8(3)19-9(4)6-17/h7-9,11H,5-6H2,1-4H3,(H,16,18)/t8-,9+,11-/m0/s1. The maximum atomic E-state index is 11.9. The first-order chi connectivity index (χ1) is 8.61. The summed E-state index contributed by atoms with van der Waals surface area (Å²) in [7, 11) is 0. The predicted molar refractivity (Wildman–Crippen MR) is 78.6 cm³/mol. The number of ether oxygens (including phenoxy) is 1. The summed E-state index contributed by atoms with van der Waals surface area (Å²) in [6.45, 7) is 8.75. The average molecular weight is 332 g/mol. The van der Waals surface area contributed by atoms with Gasteiger partial charge in [0.15, 0.2) is 0 Å². The minimum Gasteiger partial charge on any atom is -0.373 e. The number of nitrogens with zero attached hydrogens (tertiary/aromatic N) is 1. The Morgan fingerprint density at radius 3 is 2.11 bits per heavy atom. The van der Waals surface area contributed by atoms with E-state index in [0.29, 0.717) is 13.1 Å². The average Bonchev–Trinajstić information content (AvgIpc) is 2.21. The highest BCUT2D eigenvalue weighted by Crippen LogP contribution is 2.33. The smallest absolute Gasteiger partial charge is 0.223 e. The number of carbonyl (C=O) groups is 1. The predicted octanol–water partition coefficient (Wildman–Crippen LogP) is 2.56. The maximum absolute atomic E-state index is 11.9. The summed E-state index contributed by atoms with van der Waals surface area (Å²) in [5.74, 6) is -0.297. The third kappa shape index (κ3) is 5.27. The lowest BCUT2D eigenvalue weighted by Gasteiger charge is -2.42. The summed E-state index contributed by atoms with van der Waals surface area (Å²) in [6, 6.07) is 0. The van der Waals surface area contributed by atoms with Crippen molar-refractivity contribution >= 4 is 40.7 Å². The first-order valence-electron chi connectivity index (χ1n) is 6.38. The molecular formula is C12H21Cl3N2O2. The fourth-order valence-electron chi connectivity index (χ4n) is 2.11. The van der Waals surface area contributed by atoms with Gasteiger partial charge < -0.3 is 10.1 Å². The van der Waals surface area contributed by atoms with Crippen molar-refractivity contribution in [3.63, 3.8) is 0 Å². The van der Waals surface area contributed by atoms with Crippen LogP contribution in [0.25, 0.3) is 0 Å². The second-order valence-corrected chi connectivity index (χ2v) is 7.69. The highest BCUT2D eigenvalue weighted by Gasteiger charge is 2.41. The highest BCUT2D eigenvalue weighted by molar-refractivity contribution is 6.68. The molecule has 0 aromatic rings. The zero-order valence-corrected chi connectivity index (χ0v) is 13.9. The third-order valence-corrected chi connectivity index (χ3v) is 3.55. The van der Waals surface area contributed by atoms with Crippen LogP contribution < -0.4 is 5.32 Å². The van der Waals surface area contributed by atoms with E-state index >= 15 is 0 Å². The Morgan fingerprint density at radius 2 is 1.74 bits per heavy atom. The Balaban J connectivity index is 2.82. The molecule has 0 unspecified atom stereocenters. The Morgan fingerprint density at radius 1 is 1.26 bits per heavy atom. The Bertz CT molecular complexity index is 311. The number of carbonyl (C=O) groups excluding carboxylic acids is 1. The van der Waals surface area contributed by atoms with Gasteiger partial charge in [-0.3, -0.25) is 9.69 Å². The summed E-state index contributed by atoms with van der Waals surface area (Å²) < 4.78 is 4.07. The summed E-state index contributed by atoms with van der Waals surface area (Å²) in [4.78, 5) is 13.8. The van der Waals surface area contributed by atoms with Crippen molar-refractivity contribution in [3.05, 3.63) is 0 Å². The summed E-state index contributed by atoms with van der Waals surface area (Å²) in [5.41, 5.74) is 0. The molecule has 3 atom stereocenters. The van der Waals surface area contributed by atoms with E-state index in [1.165, 1.54) is 0 Å². The molecule has 0 aromatic heterocycles. The van der Waals surface area contributed by atoms with Crippen LogP contribution in [0.2, 0.25) is 0 Å². The van der Waals surface area contributed by atoms with E-state index in [2.05, 4.69) is 5.32 Å². The van der Waals surface area contributed by atoms with E-state index in [1.54, 1.807) is 13.8 Å². The van der Waals surface area contributed by atoms with Crippen molar-refractivity contribution in [2.75, 3.05) is 13.1 Å². The molecule has 1 saturated heterocycles. The van der Waals surface area contributed by atoms with E-state index in [9.17, 15) is 4.79 Å². The molecule has 112 valence electrons. The van der Waals surface area contributed by atoms with Crippen LogP contribution in [0.5, 0.6) is 0 Å². The number of hydrogen-bond acceptors (Lipinski definition) is 3. The van der Waals surface area contributed by atoms with E-state index in [4.69, 9.17) is 39.5 Å². The van der Waals surface area contributed by atoms with Crippen LogP contribution in [0.3, 0.4) is 0 Å². The molecular weight excluding hydrogens is 311 g/mol. The maximum Gasteiger partial charge on any atom is 0.223 e. The van der Waals surface area contributed by atoms with Crippen molar-refractivity contribution in [2.45, 2.75) is 49.9 Å². The van der Waals surface area contributed by atoms with Crippen molar-refractivity contribution < 1.29 is 9.53 Å². The van der Waals surface area contributed by atoms with E-state index in [1.807, 2.05) is 18.7 Å². The fourth-order valence-corrected chi connectivity index (χ4v) is 2.69. The van der Waals surface area contributed by atoms with Crippen LogP contribution in [0.1, 0.15) is 27.7 Å². The lowest BCUT2D eigenvalue weighted by atomic mass is 10.2. The van der Waals surface area contributed by atoms with Gasteiger partial charge in [-0.05, 0) is 13.8 Å². The zero-order valence-electron chi connectivity index (χ0n) is 11.6. The largest absolute Gasteiger partial charge is 0.373 e. The topological polar surface area (TPSA) is 41.6 Å². The molecule has 7 heteroatoms. The molecule has 0 bridgehead atoms. The molecule has 19 heavy (non-hydrogen) atoms. The van der Waals surface area contributed by atoms with Crippen LogP contribution in [-0.2, 0) is 9.53 Å². The first kappa shape index (κ1) is 17.3. The van der Waals surface area contributed by atoms with Crippen LogP contribution in [-0.4, -0.2) is 46.1 Å². The molecule has 4 nitrogen and oxygen atoms in total. The molecule has 1 aliphatic rings. The van der Waals surface area contributed by atoms with Gasteiger partial charge in [-0.2, -0.15) is 0 Å². The van der Waals surface area contributed by atoms with Gasteiger partial charge in [0, 0.05) is 19.0 Å². The molecule has 1 N–H and O–H groups in total. The summed E-state index contributed by atoms with van der Waals surface area (Å²) in [5, 5.41) is 2.80. The summed E-state index contributed by atoms with van der Waals surface area (Å²) in [6.07, 6.45) is -0.578. The quantitative estimate of drug-likeness (QED) is 0.808. The number of rotatable bonds is 3. The molecule has 0 aromatic carbocycles. The van der Waals surface area contributed by atoms with Crippen molar-refractivity contribution in [1.82, 2.24) is 10.2 Å². The molecule has 0 saturated carbocycles. The molecule has 1 fully saturated rings. The number of morpholine rings is 1. The Labute approximate surface area is 129 Å². The second kappa shape index (κ2) is 6.81. The molecule has 1 amide bonds. The number of alkyl halides is 3. The molecule has 1 heterocycles. The van der Waals surface area contributed by atoms with Crippen LogP contribution in [0, 0.1) is 5.92 Å². The molecule has 1 rings (SSSR count). The van der Waals surface area contributed by atoms with Gasteiger partial charge in [0.05, 0.1) is 12.2 Å². The number of halogens is 3. The normalized spacial score (nSPS) is 27.4. The minimum atomic E-state index is -1.58. The number of hydrogen-bond donors (Lipinski definition) is 1. The van der Waals surface area contributed by atoms with Gasteiger partial charge in [0.1, 0.15) is 6.17 Å². The van der Waals surface area contributed by atoms with Crippen LogP contribution >= 0.6 is 34.8 Å². The van der Waals surface area contributed by atoms with E-state index in [-0.39, 0.29) is 24.0 Å². The van der Waals surface area contributed by atoms with Gasteiger partial charge in [-0.1, -0.05) is 48.7 Å². The second-order valence-electron chi connectivity index (χ2n) is 5.32. The highest BCUT2D eigenvalue weighted by atomic mass is 35.6. The van der Waals surface area contributed by atoms with Crippen LogP contribution in [0.15, 0.2) is 0 Å². The minimum absolute atomic E-state index is 0.0366. The fraction of sp³-hybridized carbons (Fsp3) is 0.917. The first-order valence-corrected chi connectivity index (χ1v) is 7.51. The molecule has 0 aliphatic carbocycles.